The van der Waals surface area contributed by atoms with E-state index in [1.165, 1.54) is 6.07 Å². The number of rotatable bonds is 8. The highest BCUT2D eigenvalue weighted by atomic mass is 19.4. The summed E-state index contributed by atoms with van der Waals surface area (Å²) in [5.41, 5.74) is 2.14. The molecule has 0 spiro atoms. The number of hydrogen-bond acceptors (Lipinski definition) is 6. The number of halogens is 7. The van der Waals surface area contributed by atoms with Gasteiger partial charge in [0.15, 0.2) is 11.5 Å². The van der Waals surface area contributed by atoms with E-state index in [9.17, 15) is 40.3 Å². The molecule has 0 saturated heterocycles. The van der Waals surface area contributed by atoms with Gasteiger partial charge in [-0.25, -0.2) is 9.37 Å². The van der Waals surface area contributed by atoms with E-state index in [1.807, 2.05) is 0 Å². The van der Waals surface area contributed by atoms with Crippen LogP contribution in [0.5, 0.6) is 23.0 Å². The Morgan fingerprint density at radius 3 is 2.08 bits per heavy atom. The van der Waals surface area contributed by atoms with Crippen LogP contribution >= 0.6 is 0 Å². The van der Waals surface area contributed by atoms with Crippen LogP contribution in [0.3, 0.4) is 0 Å². The molecule has 3 aromatic rings. The lowest BCUT2D eigenvalue weighted by Crippen LogP contribution is -2.37. The first kappa shape index (κ1) is 30.2. The van der Waals surface area contributed by atoms with Crippen molar-refractivity contribution in [3.8, 4) is 23.0 Å². The molecule has 6 radical (unpaired) electrons. The SMILES string of the molecule is [B]C([B])([B])Oc1cc(OC(F)(F)F)ccc1Oc1cc(C(F)(F)F)c(F)cc1C(=O)Nc1ccc(C(N)=O)nc1. The van der Waals surface area contributed by atoms with Gasteiger partial charge in [-0.05, 0) is 41.7 Å². The molecule has 2 aromatic carbocycles. The molecule has 0 aliphatic carbocycles. The number of alkyl halides is 6. The minimum absolute atomic E-state index is 0.0851. The lowest BCUT2D eigenvalue weighted by atomic mass is 9.52. The fraction of sp³-hybridized carbons (Fsp3) is 0.136. The lowest BCUT2D eigenvalue weighted by Gasteiger charge is -2.25. The van der Waals surface area contributed by atoms with E-state index in [1.54, 1.807) is 0 Å². The summed E-state index contributed by atoms with van der Waals surface area (Å²) in [4.78, 5) is 27.7. The second-order valence-corrected chi connectivity index (χ2v) is 7.79. The summed E-state index contributed by atoms with van der Waals surface area (Å²) < 4.78 is 107. The third kappa shape index (κ3) is 8.07. The Hall–Kier alpha value is -4.37. The van der Waals surface area contributed by atoms with Crippen LogP contribution in [0.25, 0.3) is 0 Å². The van der Waals surface area contributed by atoms with Gasteiger partial charge in [0.25, 0.3) is 11.8 Å². The van der Waals surface area contributed by atoms with Crippen LogP contribution in [-0.4, -0.2) is 52.0 Å². The number of aromatic nitrogens is 1. The van der Waals surface area contributed by atoms with E-state index in [0.717, 1.165) is 18.3 Å². The zero-order valence-electron chi connectivity index (χ0n) is 19.6. The quantitative estimate of drug-likeness (QED) is 0.319. The maximum atomic E-state index is 14.4. The van der Waals surface area contributed by atoms with Gasteiger partial charge in [0, 0.05) is 6.07 Å². The third-order valence-electron chi connectivity index (χ3n) is 4.55. The number of hydrogen-bond donors (Lipinski definition) is 2. The molecule has 202 valence electrons. The van der Waals surface area contributed by atoms with Crippen molar-refractivity contribution in [1.82, 2.24) is 4.98 Å². The maximum absolute atomic E-state index is 14.4. The standard InChI is InChI=1S/C22H11B3F7N3O5/c23-21(24,25)40-17-5-10(39-22(30,31)32)2-4-15(17)38-16-7-12(20(27,28)29)13(26)6-11(16)19(37)35-9-1-3-14(18(33)36)34-8-9/h1-8H,(H2,33,36)(H,35,37). The summed E-state index contributed by atoms with van der Waals surface area (Å²) in [5, 5.41) is -0.323. The van der Waals surface area contributed by atoms with Gasteiger partial charge >= 0.3 is 12.5 Å². The van der Waals surface area contributed by atoms with E-state index >= 15 is 0 Å². The van der Waals surface area contributed by atoms with E-state index in [4.69, 9.17) is 38.7 Å². The molecular formula is C22H11B3F7N3O5. The Morgan fingerprint density at radius 1 is 0.875 bits per heavy atom. The maximum Gasteiger partial charge on any atom is 0.573 e. The minimum atomic E-state index is -5.25. The van der Waals surface area contributed by atoms with Crippen molar-refractivity contribution in [3.63, 3.8) is 0 Å². The first-order valence-electron chi connectivity index (χ1n) is 10.4. The Kier molecular flexibility index (Phi) is 8.31. The highest BCUT2D eigenvalue weighted by Crippen LogP contribution is 2.41. The van der Waals surface area contributed by atoms with Gasteiger partial charge in [-0.1, -0.05) is 0 Å². The number of pyridine rings is 1. The number of ether oxygens (including phenoxy) is 3. The van der Waals surface area contributed by atoms with Crippen LogP contribution < -0.4 is 25.3 Å². The van der Waals surface area contributed by atoms with Gasteiger partial charge in [-0.2, -0.15) is 13.2 Å². The van der Waals surface area contributed by atoms with Crippen molar-refractivity contribution in [2.75, 3.05) is 5.32 Å². The summed E-state index contributed by atoms with van der Waals surface area (Å²) in [6.45, 7) is 0. The summed E-state index contributed by atoms with van der Waals surface area (Å²) in [6, 6.07) is 4.59. The van der Waals surface area contributed by atoms with Crippen LogP contribution in [0.15, 0.2) is 48.7 Å². The van der Waals surface area contributed by atoms with Crippen LogP contribution in [0.4, 0.5) is 36.4 Å². The Morgan fingerprint density at radius 2 is 1.55 bits per heavy atom. The van der Waals surface area contributed by atoms with E-state index in [-0.39, 0.29) is 23.5 Å². The smallest absolute Gasteiger partial charge is 0.512 e. The van der Waals surface area contributed by atoms with Crippen molar-refractivity contribution in [2.45, 2.75) is 17.8 Å². The second-order valence-electron chi connectivity index (χ2n) is 7.79. The molecule has 18 heteroatoms. The van der Waals surface area contributed by atoms with Gasteiger partial charge in [0.2, 0.25) is 0 Å². The normalized spacial score (nSPS) is 12.0. The van der Waals surface area contributed by atoms with Gasteiger partial charge in [0.05, 0.1) is 23.0 Å². The zero-order valence-corrected chi connectivity index (χ0v) is 19.6. The Balaban J connectivity index is 2.08. The van der Waals surface area contributed by atoms with E-state index in [0.29, 0.717) is 12.1 Å². The number of amides is 2. The highest BCUT2D eigenvalue weighted by Gasteiger charge is 2.36. The Labute approximate surface area is 224 Å². The van der Waals surface area contributed by atoms with E-state index < -0.39 is 69.6 Å². The van der Waals surface area contributed by atoms with Crippen molar-refractivity contribution in [1.29, 1.82) is 0 Å². The molecule has 0 unspecified atom stereocenters. The fourth-order valence-electron chi connectivity index (χ4n) is 3.00. The summed E-state index contributed by atoms with van der Waals surface area (Å²) in [5.74, 6) is -7.20. The van der Waals surface area contributed by atoms with Gasteiger partial charge in [0.1, 0.15) is 46.5 Å². The molecule has 2 amide bonds. The number of benzene rings is 2. The molecule has 8 nitrogen and oxygen atoms in total. The number of primary amides is 1. The van der Waals surface area contributed by atoms with Crippen LogP contribution in [-0.2, 0) is 6.18 Å². The van der Waals surface area contributed by atoms with E-state index in [2.05, 4.69) is 15.0 Å². The monoisotopic (exact) mass is 563 g/mol. The van der Waals surface area contributed by atoms with Crippen molar-refractivity contribution in [2.24, 2.45) is 5.73 Å². The number of nitrogens with one attached hydrogen (secondary N) is 1. The first-order valence-corrected chi connectivity index (χ1v) is 10.4. The fourth-order valence-corrected chi connectivity index (χ4v) is 3.00. The molecule has 0 atom stereocenters. The largest absolute Gasteiger partial charge is 0.573 e. The molecule has 3 rings (SSSR count). The van der Waals surface area contributed by atoms with Crippen LogP contribution in [0, 0.1) is 5.82 Å². The van der Waals surface area contributed by atoms with Gasteiger partial charge in [-0.3, -0.25) is 9.59 Å². The average molecular weight is 563 g/mol. The lowest BCUT2D eigenvalue weighted by molar-refractivity contribution is -0.274. The number of carbonyl (C=O) groups excluding carboxylic acids is 2. The number of anilines is 1. The van der Waals surface area contributed by atoms with Gasteiger partial charge in [-0.15, -0.1) is 13.2 Å². The second kappa shape index (κ2) is 11.0. The van der Waals surface area contributed by atoms with Crippen molar-refractivity contribution < 1.29 is 54.5 Å². The molecule has 0 fully saturated rings. The number of nitrogens with two attached hydrogens (primary N) is 1. The predicted molar refractivity (Wildman–Crippen MR) is 126 cm³/mol. The molecule has 40 heavy (non-hydrogen) atoms. The zero-order chi connectivity index (χ0) is 30.0. The molecule has 0 aliphatic heterocycles. The topological polar surface area (TPSA) is 113 Å². The Bertz CT molecular complexity index is 1430. The van der Waals surface area contributed by atoms with Crippen molar-refractivity contribution in [3.05, 3.63) is 71.3 Å². The highest BCUT2D eigenvalue weighted by molar-refractivity contribution is 6.58. The van der Waals surface area contributed by atoms with Crippen molar-refractivity contribution >= 4 is 41.0 Å². The molecular weight excluding hydrogens is 552 g/mol. The average Bonchev–Trinajstić information content (AvgIpc) is 2.79. The number of nitrogens with zero attached hydrogens (tertiary/aromatic N) is 1. The molecule has 1 aromatic heterocycles. The molecule has 0 bridgehead atoms. The molecule has 3 N–H and O–H groups in total. The molecule has 1 heterocycles. The van der Waals surface area contributed by atoms with Gasteiger partial charge < -0.3 is 25.3 Å². The van der Waals surface area contributed by atoms with Crippen LogP contribution in [0.2, 0.25) is 0 Å². The summed E-state index contributed by atoms with van der Waals surface area (Å²) in [7, 11) is 16.0. The molecule has 0 saturated carbocycles. The van der Waals surface area contributed by atoms with Crippen LogP contribution in [0.1, 0.15) is 26.4 Å². The molecule has 0 aliphatic rings. The minimum Gasteiger partial charge on any atom is -0.512 e. The third-order valence-corrected chi connectivity index (χ3v) is 4.55. The predicted octanol–water partition coefficient (Wildman–Crippen LogP) is 3.78. The summed E-state index contributed by atoms with van der Waals surface area (Å²) >= 11 is 0. The first-order chi connectivity index (χ1) is 18.3. The number of carbonyl (C=O) groups is 2. The summed E-state index contributed by atoms with van der Waals surface area (Å²) in [6.07, 6.45) is -9.43.